The van der Waals surface area contributed by atoms with Gasteiger partial charge in [-0.05, 0) is 22.9 Å². The first-order valence-electron chi connectivity index (χ1n) is 6.81. The summed E-state index contributed by atoms with van der Waals surface area (Å²) in [5.74, 6) is 0. The zero-order chi connectivity index (χ0) is 14.5. The smallest absolute Gasteiger partial charge is 0.0948 e. The predicted molar refractivity (Wildman–Crippen MR) is 87.8 cm³/mol. The van der Waals surface area contributed by atoms with Gasteiger partial charge in [-0.25, -0.2) is 0 Å². The SMILES string of the molecule is CCN(CCO)C(C(N)=S)c1cccc2ccccc12. The lowest BCUT2D eigenvalue weighted by Gasteiger charge is -2.30. The maximum Gasteiger partial charge on any atom is 0.0948 e. The highest BCUT2D eigenvalue weighted by Crippen LogP contribution is 2.28. The number of aliphatic hydroxyl groups is 1. The number of hydrogen-bond donors (Lipinski definition) is 2. The molecule has 0 fully saturated rings. The van der Waals surface area contributed by atoms with E-state index in [2.05, 4.69) is 29.2 Å². The van der Waals surface area contributed by atoms with E-state index in [0.29, 0.717) is 11.5 Å². The van der Waals surface area contributed by atoms with E-state index in [4.69, 9.17) is 18.0 Å². The molecule has 0 saturated carbocycles. The molecule has 4 heteroatoms. The molecule has 3 N–H and O–H groups in total. The molecular formula is C16H20N2OS. The molecule has 3 nitrogen and oxygen atoms in total. The molecule has 0 aliphatic carbocycles. The van der Waals surface area contributed by atoms with Crippen molar-refractivity contribution in [2.75, 3.05) is 19.7 Å². The van der Waals surface area contributed by atoms with Crippen LogP contribution in [-0.2, 0) is 0 Å². The fourth-order valence-electron chi connectivity index (χ4n) is 2.62. The van der Waals surface area contributed by atoms with Crippen LogP contribution in [0.15, 0.2) is 42.5 Å². The Kier molecular flexibility index (Phi) is 5.06. The van der Waals surface area contributed by atoms with Gasteiger partial charge in [0.05, 0.1) is 17.6 Å². The van der Waals surface area contributed by atoms with Gasteiger partial charge in [-0.15, -0.1) is 0 Å². The highest BCUT2D eigenvalue weighted by atomic mass is 32.1. The van der Waals surface area contributed by atoms with Gasteiger partial charge in [-0.1, -0.05) is 61.6 Å². The van der Waals surface area contributed by atoms with Gasteiger partial charge < -0.3 is 10.8 Å². The normalized spacial score (nSPS) is 12.8. The topological polar surface area (TPSA) is 49.5 Å². The number of fused-ring (bicyclic) bond motifs is 1. The van der Waals surface area contributed by atoms with Crippen LogP contribution >= 0.6 is 12.2 Å². The second kappa shape index (κ2) is 6.79. The third-order valence-electron chi connectivity index (χ3n) is 3.55. The van der Waals surface area contributed by atoms with Gasteiger partial charge in [0.2, 0.25) is 0 Å². The molecule has 1 unspecified atom stereocenters. The van der Waals surface area contributed by atoms with Gasteiger partial charge in [-0.3, -0.25) is 4.90 Å². The van der Waals surface area contributed by atoms with Crippen LogP contribution in [0.2, 0.25) is 0 Å². The molecule has 2 aromatic rings. The number of likely N-dealkylation sites (N-methyl/N-ethyl adjacent to an activating group) is 1. The molecule has 0 saturated heterocycles. The summed E-state index contributed by atoms with van der Waals surface area (Å²) in [6.45, 7) is 3.48. The van der Waals surface area contributed by atoms with Crippen molar-refractivity contribution in [2.24, 2.45) is 5.73 Å². The number of nitrogens with zero attached hydrogens (tertiary/aromatic N) is 1. The van der Waals surface area contributed by atoms with E-state index >= 15 is 0 Å². The fraction of sp³-hybridized carbons (Fsp3) is 0.312. The molecule has 0 radical (unpaired) electrons. The molecule has 1 atom stereocenters. The molecule has 2 aromatic carbocycles. The van der Waals surface area contributed by atoms with Gasteiger partial charge in [0.25, 0.3) is 0 Å². The summed E-state index contributed by atoms with van der Waals surface area (Å²) >= 11 is 5.27. The Morgan fingerprint density at radius 2 is 1.95 bits per heavy atom. The minimum absolute atomic E-state index is 0.0950. The van der Waals surface area contributed by atoms with Crippen molar-refractivity contribution in [3.63, 3.8) is 0 Å². The minimum atomic E-state index is -0.145. The highest BCUT2D eigenvalue weighted by Gasteiger charge is 2.23. The standard InChI is InChI=1S/C16H20N2OS/c1-2-18(10-11-19)15(16(17)20)14-9-5-7-12-6-3-4-8-13(12)14/h3-9,15,19H,2,10-11H2,1H3,(H2,17,20). The average Bonchev–Trinajstić information content (AvgIpc) is 2.46. The van der Waals surface area contributed by atoms with Crippen LogP contribution in [0.3, 0.4) is 0 Å². The van der Waals surface area contributed by atoms with Crippen molar-refractivity contribution in [3.05, 3.63) is 48.0 Å². The Morgan fingerprint density at radius 1 is 1.25 bits per heavy atom. The number of aliphatic hydroxyl groups excluding tert-OH is 1. The van der Waals surface area contributed by atoms with Gasteiger partial charge in [0.15, 0.2) is 0 Å². The zero-order valence-electron chi connectivity index (χ0n) is 11.6. The average molecular weight is 288 g/mol. The molecule has 20 heavy (non-hydrogen) atoms. The zero-order valence-corrected chi connectivity index (χ0v) is 12.4. The van der Waals surface area contributed by atoms with E-state index in [1.165, 1.54) is 5.39 Å². The van der Waals surface area contributed by atoms with E-state index in [-0.39, 0.29) is 12.6 Å². The Labute approximate surface area is 125 Å². The molecular weight excluding hydrogens is 268 g/mol. The number of nitrogens with two attached hydrogens (primary N) is 1. The molecule has 0 heterocycles. The van der Waals surface area contributed by atoms with E-state index in [1.807, 2.05) is 25.1 Å². The third kappa shape index (κ3) is 2.98. The Balaban J connectivity index is 2.54. The summed E-state index contributed by atoms with van der Waals surface area (Å²) < 4.78 is 0. The van der Waals surface area contributed by atoms with Gasteiger partial charge in [0, 0.05) is 6.54 Å². The van der Waals surface area contributed by atoms with Crippen molar-refractivity contribution in [1.82, 2.24) is 4.90 Å². The Morgan fingerprint density at radius 3 is 2.60 bits per heavy atom. The Bertz CT molecular complexity index is 595. The summed E-state index contributed by atoms with van der Waals surface area (Å²) in [5, 5.41) is 11.6. The first-order valence-corrected chi connectivity index (χ1v) is 7.21. The van der Waals surface area contributed by atoms with Crippen LogP contribution in [0, 0.1) is 0 Å². The van der Waals surface area contributed by atoms with Crippen molar-refractivity contribution in [1.29, 1.82) is 0 Å². The van der Waals surface area contributed by atoms with E-state index < -0.39 is 0 Å². The van der Waals surface area contributed by atoms with Crippen LogP contribution < -0.4 is 5.73 Å². The molecule has 0 spiro atoms. The van der Waals surface area contributed by atoms with Gasteiger partial charge in [0.1, 0.15) is 0 Å². The second-order valence-electron chi connectivity index (χ2n) is 4.73. The lowest BCUT2D eigenvalue weighted by Crippen LogP contribution is -2.38. The summed E-state index contributed by atoms with van der Waals surface area (Å²) in [5.41, 5.74) is 7.08. The van der Waals surface area contributed by atoms with Crippen molar-refractivity contribution in [3.8, 4) is 0 Å². The van der Waals surface area contributed by atoms with Crippen molar-refractivity contribution >= 4 is 28.0 Å². The minimum Gasteiger partial charge on any atom is -0.395 e. The first-order chi connectivity index (χ1) is 9.69. The summed E-state index contributed by atoms with van der Waals surface area (Å²) in [6, 6.07) is 14.2. The van der Waals surface area contributed by atoms with Crippen LogP contribution in [-0.4, -0.2) is 34.7 Å². The maximum atomic E-state index is 9.23. The molecule has 0 aliphatic heterocycles. The van der Waals surface area contributed by atoms with E-state index in [9.17, 15) is 5.11 Å². The van der Waals surface area contributed by atoms with Gasteiger partial charge in [-0.2, -0.15) is 0 Å². The van der Waals surface area contributed by atoms with Crippen LogP contribution in [0.5, 0.6) is 0 Å². The summed E-state index contributed by atoms with van der Waals surface area (Å²) in [6.07, 6.45) is 0. The fourth-order valence-corrected chi connectivity index (χ4v) is 2.89. The molecule has 0 aliphatic rings. The van der Waals surface area contributed by atoms with Crippen LogP contribution in [0.4, 0.5) is 0 Å². The largest absolute Gasteiger partial charge is 0.395 e. The quantitative estimate of drug-likeness (QED) is 0.802. The lowest BCUT2D eigenvalue weighted by molar-refractivity contribution is 0.186. The molecule has 0 bridgehead atoms. The number of rotatable bonds is 6. The maximum absolute atomic E-state index is 9.23. The van der Waals surface area contributed by atoms with E-state index in [0.717, 1.165) is 17.5 Å². The number of hydrogen-bond acceptors (Lipinski definition) is 3. The molecule has 106 valence electrons. The first kappa shape index (κ1) is 14.9. The molecule has 2 rings (SSSR count). The number of benzene rings is 2. The van der Waals surface area contributed by atoms with Crippen LogP contribution in [0.25, 0.3) is 10.8 Å². The summed E-state index contributed by atoms with van der Waals surface area (Å²) in [7, 11) is 0. The van der Waals surface area contributed by atoms with Crippen LogP contribution in [0.1, 0.15) is 18.5 Å². The second-order valence-corrected chi connectivity index (χ2v) is 5.20. The molecule has 0 aromatic heterocycles. The monoisotopic (exact) mass is 288 g/mol. The molecule has 0 amide bonds. The van der Waals surface area contributed by atoms with Crippen molar-refractivity contribution < 1.29 is 5.11 Å². The predicted octanol–water partition coefficient (Wildman–Crippen LogP) is 2.48. The van der Waals surface area contributed by atoms with Crippen molar-refractivity contribution in [2.45, 2.75) is 13.0 Å². The third-order valence-corrected chi connectivity index (χ3v) is 3.77. The van der Waals surface area contributed by atoms with E-state index in [1.54, 1.807) is 0 Å². The Hall–Kier alpha value is -1.49. The lowest BCUT2D eigenvalue weighted by atomic mass is 9.97. The highest BCUT2D eigenvalue weighted by molar-refractivity contribution is 7.80. The summed E-state index contributed by atoms with van der Waals surface area (Å²) in [4.78, 5) is 2.54. The van der Waals surface area contributed by atoms with Gasteiger partial charge >= 0.3 is 0 Å². The number of thiocarbonyl (C=S) groups is 1.